The zero-order valence-electron chi connectivity index (χ0n) is 10.3. The minimum Gasteiger partial charge on any atom is -0.486 e. The van der Waals surface area contributed by atoms with Crippen molar-refractivity contribution >= 4 is 16.9 Å². The Morgan fingerprint density at radius 1 is 1.21 bits per heavy atom. The molecule has 0 spiro atoms. The highest BCUT2D eigenvalue weighted by Gasteiger charge is 2.13. The third kappa shape index (κ3) is 2.45. The highest BCUT2D eigenvalue weighted by molar-refractivity contribution is 5.83. The topological polar surface area (TPSA) is 68.7 Å². The molecule has 1 aliphatic heterocycles. The second-order valence-corrected chi connectivity index (χ2v) is 4.38. The van der Waals surface area contributed by atoms with Gasteiger partial charge in [-0.2, -0.15) is 0 Å². The molecule has 1 aromatic carbocycles. The van der Waals surface area contributed by atoms with Gasteiger partial charge < -0.3 is 14.6 Å². The first-order valence-corrected chi connectivity index (χ1v) is 6.13. The van der Waals surface area contributed by atoms with Crippen LogP contribution in [-0.4, -0.2) is 29.3 Å². The fourth-order valence-corrected chi connectivity index (χ4v) is 2.08. The van der Waals surface area contributed by atoms with Gasteiger partial charge in [0.15, 0.2) is 11.5 Å². The number of ether oxygens (including phenoxy) is 2. The summed E-state index contributed by atoms with van der Waals surface area (Å²) in [5, 5.41) is 9.64. The lowest BCUT2D eigenvalue weighted by Gasteiger charge is -2.18. The number of carbonyl (C=O) groups is 1. The second-order valence-electron chi connectivity index (χ2n) is 4.38. The number of aryl methyl sites for hydroxylation is 1. The summed E-state index contributed by atoms with van der Waals surface area (Å²) in [7, 11) is 0. The summed E-state index contributed by atoms with van der Waals surface area (Å²) >= 11 is 0. The summed E-state index contributed by atoms with van der Waals surface area (Å²) in [6.07, 6.45) is 0.517. The average Bonchev–Trinajstić information content (AvgIpc) is 2.42. The predicted molar refractivity (Wildman–Crippen MR) is 68.7 cm³/mol. The molecule has 0 bridgehead atoms. The Balaban J connectivity index is 1.95. The Bertz CT molecular complexity index is 639. The molecule has 0 radical (unpaired) electrons. The Labute approximate surface area is 109 Å². The van der Waals surface area contributed by atoms with E-state index in [1.165, 1.54) is 0 Å². The van der Waals surface area contributed by atoms with Crippen LogP contribution >= 0.6 is 0 Å². The molecule has 0 unspecified atom stereocenters. The average molecular weight is 259 g/mol. The molecule has 0 saturated carbocycles. The number of hydrogen-bond donors (Lipinski definition) is 1. The van der Waals surface area contributed by atoms with Crippen LogP contribution in [0.1, 0.15) is 12.1 Å². The highest BCUT2D eigenvalue weighted by atomic mass is 16.6. The van der Waals surface area contributed by atoms with Crippen molar-refractivity contribution < 1.29 is 19.4 Å². The normalized spacial score (nSPS) is 13.5. The first kappa shape index (κ1) is 11.8. The van der Waals surface area contributed by atoms with Crippen LogP contribution in [0.25, 0.3) is 10.9 Å². The molecule has 3 rings (SSSR count). The van der Waals surface area contributed by atoms with Gasteiger partial charge in [-0.3, -0.25) is 9.78 Å². The lowest BCUT2D eigenvalue weighted by atomic mass is 10.1. The van der Waals surface area contributed by atoms with E-state index in [0.29, 0.717) is 25.4 Å². The molecule has 2 heterocycles. The lowest BCUT2D eigenvalue weighted by molar-refractivity contribution is -0.136. The number of benzene rings is 1. The van der Waals surface area contributed by atoms with Gasteiger partial charge in [0.1, 0.15) is 13.2 Å². The maximum Gasteiger partial charge on any atom is 0.303 e. The zero-order chi connectivity index (χ0) is 13.2. The monoisotopic (exact) mass is 259 g/mol. The third-order valence-electron chi connectivity index (χ3n) is 3.01. The minimum absolute atomic E-state index is 0.0864. The van der Waals surface area contributed by atoms with Gasteiger partial charge in [0.25, 0.3) is 0 Å². The largest absolute Gasteiger partial charge is 0.486 e. The molecule has 98 valence electrons. The maximum atomic E-state index is 10.6. The van der Waals surface area contributed by atoms with Crippen LogP contribution in [0.2, 0.25) is 0 Å². The number of fused-ring (bicyclic) bond motifs is 2. The molecule has 19 heavy (non-hydrogen) atoms. The van der Waals surface area contributed by atoms with Crippen molar-refractivity contribution in [1.29, 1.82) is 0 Å². The minimum atomic E-state index is -0.816. The van der Waals surface area contributed by atoms with Crippen molar-refractivity contribution in [2.75, 3.05) is 13.2 Å². The van der Waals surface area contributed by atoms with Gasteiger partial charge in [0.2, 0.25) is 0 Å². The first-order valence-electron chi connectivity index (χ1n) is 6.13. The van der Waals surface area contributed by atoms with Crippen LogP contribution in [0.15, 0.2) is 24.3 Å². The predicted octanol–water partition coefficient (Wildman–Crippen LogP) is 2.02. The van der Waals surface area contributed by atoms with Crippen molar-refractivity contribution in [3.8, 4) is 11.5 Å². The molecule has 1 aliphatic rings. The number of aliphatic carboxylic acids is 1. The molecule has 0 atom stereocenters. The molecule has 2 aromatic rings. The number of carboxylic acids is 1. The van der Waals surface area contributed by atoms with Crippen LogP contribution in [0.4, 0.5) is 0 Å². The Kier molecular flexibility index (Phi) is 2.95. The smallest absolute Gasteiger partial charge is 0.303 e. The van der Waals surface area contributed by atoms with Crippen molar-refractivity contribution in [3.63, 3.8) is 0 Å². The fraction of sp³-hybridized carbons (Fsp3) is 0.286. The molecule has 1 aromatic heterocycles. The van der Waals surface area contributed by atoms with Crippen LogP contribution in [0.3, 0.4) is 0 Å². The number of aromatic nitrogens is 1. The molecular weight excluding hydrogens is 246 g/mol. The van der Waals surface area contributed by atoms with Crippen molar-refractivity contribution in [3.05, 3.63) is 30.0 Å². The highest BCUT2D eigenvalue weighted by Crippen LogP contribution is 2.33. The summed E-state index contributed by atoms with van der Waals surface area (Å²) < 4.78 is 11.0. The molecule has 0 aliphatic carbocycles. The molecule has 5 nitrogen and oxygen atoms in total. The van der Waals surface area contributed by atoms with Crippen LogP contribution in [-0.2, 0) is 11.2 Å². The van der Waals surface area contributed by atoms with Crippen molar-refractivity contribution in [2.24, 2.45) is 0 Å². The van der Waals surface area contributed by atoms with Crippen molar-refractivity contribution in [1.82, 2.24) is 4.98 Å². The van der Waals surface area contributed by atoms with E-state index < -0.39 is 5.97 Å². The number of pyridine rings is 1. The molecule has 1 N–H and O–H groups in total. The van der Waals surface area contributed by atoms with Crippen LogP contribution in [0, 0.1) is 0 Å². The maximum absolute atomic E-state index is 10.6. The number of nitrogens with zero attached hydrogens (tertiary/aromatic N) is 1. The summed E-state index contributed by atoms with van der Waals surface area (Å²) in [5.74, 6) is 0.615. The molecular formula is C14H13NO4. The van der Waals surface area contributed by atoms with Gasteiger partial charge in [-0.25, -0.2) is 0 Å². The molecule has 0 amide bonds. The summed E-state index contributed by atoms with van der Waals surface area (Å²) in [6, 6.07) is 7.52. The van der Waals surface area contributed by atoms with E-state index in [0.717, 1.165) is 22.3 Å². The zero-order valence-corrected chi connectivity index (χ0v) is 10.3. The van der Waals surface area contributed by atoms with Crippen LogP contribution in [0.5, 0.6) is 11.5 Å². The van der Waals surface area contributed by atoms with E-state index in [4.69, 9.17) is 14.6 Å². The molecule has 5 heteroatoms. The van der Waals surface area contributed by atoms with Gasteiger partial charge in [-0.1, -0.05) is 6.07 Å². The Hall–Kier alpha value is -2.30. The van der Waals surface area contributed by atoms with Gasteiger partial charge >= 0.3 is 5.97 Å². The number of rotatable bonds is 3. The van der Waals surface area contributed by atoms with E-state index in [9.17, 15) is 4.79 Å². The van der Waals surface area contributed by atoms with E-state index in [-0.39, 0.29) is 6.42 Å². The lowest BCUT2D eigenvalue weighted by Crippen LogP contribution is -2.15. The summed E-state index contributed by atoms with van der Waals surface area (Å²) in [4.78, 5) is 15.0. The van der Waals surface area contributed by atoms with E-state index in [1.54, 1.807) is 0 Å². The Morgan fingerprint density at radius 2 is 1.95 bits per heavy atom. The molecule has 0 saturated heterocycles. The second kappa shape index (κ2) is 4.76. The van der Waals surface area contributed by atoms with Gasteiger partial charge in [0, 0.05) is 23.6 Å². The van der Waals surface area contributed by atoms with Gasteiger partial charge in [-0.05, 0) is 12.1 Å². The SMILES string of the molecule is O=C(O)CCc1ccc2cc3c(cc2n1)OCCO3. The summed E-state index contributed by atoms with van der Waals surface area (Å²) in [5.41, 5.74) is 1.57. The molecule has 0 fully saturated rings. The number of carboxylic acid groups (broad SMARTS) is 1. The Morgan fingerprint density at radius 3 is 2.68 bits per heavy atom. The third-order valence-corrected chi connectivity index (χ3v) is 3.01. The number of hydrogen-bond acceptors (Lipinski definition) is 4. The fourth-order valence-electron chi connectivity index (χ4n) is 2.08. The van der Waals surface area contributed by atoms with E-state index >= 15 is 0 Å². The van der Waals surface area contributed by atoms with Crippen molar-refractivity contribution in [2.45, 2.75) is 12.8 Å². The van der Waals surface area contributed by atoms with Crippen LogP contribution < -0.4 is 9.47 Å². The van der Waals surface area contributed by atoms with Gasteiger partial charge in [-0.15, -0.1) is 0 Å². The first-order chi connectivity index (χ1) is 9.22. The summed E-state index contributed by atoms with van der Waals surface area (Å²) in [6.45, 7) is 1.10. The van der Waals surface area contributed by atoms with Gasteiger partial charge in [0.05, 0.1) is 11.9 Å². The van der Waals surface area contributed by atoms with E-state index in [1.807, 2.05) is 24.3 Å². The standard InChI is InChI=1S/C14H13NO4/c16-14(17)4-3-10-2-1-9-7-12-13(8-11(9)15-10)19-6-5-18-12/h1-2,7-8H,3-6H2,(H,16,17). The quantitative estimate of drug-likeness (QED) is 0.913. The van der Waals surface area contributed by atoms with E-state index in [2.05, 4.69) is 4.98 Å².